The van der Waals surface area contributed by atoms with Gasteiger partial charge >= 0.3 is 0 Å². The highest BCUT2D eigenvalue weighted by Crippen LogP contribution is 2.14. The molecule has 1 aromatic heterocycles. The molecule has 1 saturated heterocycles. The molecule has 0 unspecified atom stereocenters. The van der Waals surface area contributed by atoms with Crippen LogP contribution in [0.15, 0.2) is 16.0 Å². The zero-order valence-electron chi connectivity index (χ0n) is 12.3. The van der Waals surface area contributed by atoms with Crippen molar-refractivity contribution < 1.29 is 13.2 Å². The molecule has 2 heterocycles. The molecule has 0 saturated carbocycles. The number of hydrogen-bond acceptors (Lipinski definition) is 6. The number of rotatable bonds is 6. The molecule has 7 nitrogen and oxygen atoms in total. The van der Waals surface area contributed by atoms with Crippen molar-refractivity contribution in [2.24, 2.45) is 0 Å². The van der Waals surface area contributed by atoms with Crippen LogP contribution >= 0.6 is 11.8 Å². The summed E-state index contributed by atoms with van der Waals surface area (Å²) in [6.07, 6.45) is 2.06. The zero-order valence-corrected chi connectivity index (χ0v) is 13.9. The molecular weight excluding hydrogens is 326 g/mol. The SMILES string of the molecule is CCCc1cc(=O)[nH]c(SCC(=O)N[C@H]2CCS(=O)(=O)C2)n1. The first kappa shape index (κ1) is 17.0. The van der Waals surface area contributed by atoms with Gasteiger partial charge < -0.3 is 10.3 Å². The second-order valence-electron chi connectivity index (χ2n) is 5.25. The highest BCUT2D eigenvalue weighted by Gasteiger charge is 2.28. The number of amides is 1. The Kier molecular flexibility index (Phi) is 5.63. The first-order valence-corrected chi connectivity index (χ1v) is 9.91. The van der Waals surface area contributed by atoms with Crippen molar-refractivity contribution in [2.75, 3.05) is 17.3 Å². The number of H-pyrrole nitrogens is 1. The number of carbonyl (C=O) groups excluding carboxylic acids is 1. The first-order chi connectivity index (χ1) is 10.4. The predicted octanol–water partition coefficient (Wildman–Crippen LogP) is 0.118. The Labute approximate surface area is 133 Å². The van der Waals surface area contributed by atoms with Gasteiger partial charge in [0.25, 0.3) is 5.56 Å². The van der Waals surface area contributed by atoms with Crippen LogP contribution in [0.1, 0.15) is 25.5 Å². The van der Waals surface area contributed by atoms with E-state index in [-0.39, 0.29) is 34.8 Å². The lowest BCUT2D eigenvalue weighted by Crippen LogP contribution is -2.36. The van der Waals surface area contributed by atoms with E-state index in [9.17, 15) is 18.0 Å². The van der Waals surface area contributed by atoms with E-state index in [2.05, 4.69) is 15.3 Å². The Morgan fingerprint density at radius 1 is 1.55 bits per heavy atom. The van der Waals surface area contributed by atoms with Crippen LogP contribution in [0.2, 0.25) is 0 Å². The van der Waals surface area contributed by atoms with Crippen molar-refractivity contribution in [3.05, 3.63) is 22.1 Å². The normalized spacial score (nSPS) is 20.0. The molecule has 0 aromatic carbocycles. The highest BCUT2D eigenvalue weighted by molar-refractivity contribution is 7.99. The summed E-state index contributed by atoms with van der Waals surface area (Å²) in [5.74, 6) is -0.0332. The van der Waals surface area contributed by atoms with E-state index in [1.165, 1.54) is 6.07 Å². The molecule has 2 rings (SSSR count). The quantitative estimate of drug-likeness (QED) is 0.560. The number of carbonyl (C=O) groups is 1. The summed E-state index contributed by atoms with van der Waals surface area (Å²) in [6, 6.07) is 1.15. The van der Waals surface area contributed by atoms with Crippen LogP contribution in [0.5, 0.6) is 0 Å². The van der Waals surface area contributed by atoms with Gasteiger partial charge in [0.2, 0.25) is 5.91 Å². The van der Waals surface area contributed by atoms with Crippen LogP contribution in [0.4, 0.5) is 0 Å². The third-order valence-electron chi connectivity index (χ3n) is 3.22. The minimum atomic E-state index is -3.01. The predicted molar refractivity (Wildman–Crippen MR) is 84.8 cm³/mol. The smallest absolute Gasteiger partial charge is 0.251 e. The van der Waals surface area contributed by atoms with Gasteiger partial charge in [-0.25, -0.2) is 13.4 Å². The van der Waals surface area contributed by atoms with Crippen molar-refractivity contribution in [1.82, 2.24) is 15.3 Å². The Morgan fingerprint density at radius 2 is 2.32 bits per heavy atom. The fourth-order valence-electron chi connectivity index (χ4n) is 2.25. The molecule has 22 heavy (non-hydrogen) atoms. The highest BCUT2D eigenvalue weighted by atomic mass is 32.2. The lowest BCUT2D eigenvalue weighted by Gasteiger charge is -2.10. The number of hydrogen-bond donors (Lipinski definition) is 2. The Hall–Kier alpha value is -1.35. The molecule has 0 aliphatic carbocycles. The largest absolute Gasteiger partial charge is 0.352 e. The minimum absolute atomic E-state index is 0.00444. The molecule has 1 aliphatic rings. The van der Waals surface area contributed by atoms with Crippen LogP contribution in [0.3, 0.4) is 0 Å². The molecule has 1 atom stereocenters. The van der Waals surface area contributed by atoms with Crippen LogP contribution in [-0.2, 0) is 21.1 Å². The number of aryl methyl sites for hydroxylation is 1. The van der Waals surface area contributed by atoms with Crippen LogP contribution in [0, 0.1) is 0 Å². The van der Waals surface area contributed by atoms with Crippen molar-refractivity contribution in [3.63, 3.8) is 0 Å². The van der Waals surface area contributed by atoms with E-state index < -0.39 is 9.84 Å². The average molecular weight is 345 g/mol. The third-order valence-corrected chi connectivity index (χ3v) is 5.86. The Morgan fingerprint density at radius 3 is 2.95 bits per heavy atom. The standard InChI is InChI=1S/C13H19N3O4S2/c1-2-3-9-6-11(17)16-13(15-9)21-7-12(18)14-10-4-5-22(19,20)8-10/h6,10H,2-5,7-8H2,1H3,(H,14,18)(H,15,16,17)/t10-/m0/s1. The molecule has 0 radical (unpaired) electrons. The summed E-state index contributed by atoms with van der Waals surface area (Å²) in [5, 5.41) is 3.11. The van der Waals surface area contributed by atoms with Crippen LogP contribution in [0.25, 0.3) is 0 Å². The number of thioether (sulfide) groups is 1. The fraction of sp³-hybridized carbons (Fsp3) is 0.615. The number of aromatic amines is 1. The van der Waals surface area contributed by atoms with Crippen molar-refractivity contribution in [2.45, 2.75) is 37.4 Å². The topological polar surface area (TPSA) is 109 Å². The van der Waals surface area contributed by atoms with Gasteiger partial charge in [-0.1, -0.05) is 25.1 Å². The lowest BCUT2D eigenvalue weighted by atomic mass is 10.2. The Bertz CT molecular complexity index is 699. The summed E-state index contributed by atoms with van der Waals surface area (Å²) in [5.41, 5.74) is 0.472. The second kappa shape index (κ2) is 7.28. The van der Waals surface area contributed by atoms with Gasteiger partial charge in [0, 0.05) is 17.8 Å². The average Bonchev–Trinajstić information content (AvgIpc) is 2.75. The van der Waals surface area contributed by atoms with Crippen LogP contribution < -0.4 is 10.9 Å². The number of nitrogens with zero attached hydrogens (tertiary/aromatic N) is 1. The van der Waals surface area contributed by atoms with E-state index in [4.69, 9.17) is 0 Å². The van der Waals surface area contributed by atoms with Gasteiger partial charge in [-0.3, -0.25) is 9.59 Å². The molecule has 1 fully saturated rings. The molecule has 0 bridgehead atoms. The molecule has 1 amide bonds. The van der Waals surface area contributed by atoms with Crippen molar-refractivity contribution in [1.29, 1.82) is 0 Å². The number of nitrogens with one attached hydrogen (secondary N) is 2. The number of aromatic nitrogens is 2. The molecule has 1 aliphatic heterocycles. The molecule has 0 spiro atoms. The van der Waals surface area contributed by atoms with E-state index in [0.29, 0.717) is 23.7 Å². The fourth-order valence-corrected chi connectivity index (χ4v) is 4.63. The molecule has 2 N–H and O–H groups in total. The maximum absolute atomic E-state index is 11.8. The third kappa shape index (κ3) is 5.13. The van der Waals surface area contributed by atoms with E-state index in [1.807, 2.05) is 6.92 Å². The monoisotopic (exact) mass is 345 g/mol. The van der Waals surface area contributed by atoms with E-state index >= 15 is 0 Å². The maximum Gasteiger partial charge on any atom is 0.251 e. The summed E-state index contributed by atoms with van der Waals surface area (Å²) in [6.45, 7) is 2.00. The molecule has 9 heteroatoms. The summed E-state index contributed by atoms with van der Waals surface area (Å²) in [4.78, 5) is 30.2. The van der Waals surface area contributed by atoms with Gasteiger partial charge in [-0.05, 0) is 12.8 Å². The molecular formula is C13H19N3O4S2. The zero-order chi connectivity index (χ0) is 16.2. The van der Waals surface area contributed by atoms with E-state index in [0.717, 1.165) is 18.2 Å². The van der Waals surface area contributed by atoms with Gasteiger partial charge in [0.05, 0.1) is 17.3 Å². The van der Waals surface area contributed by atoms with Gasteiger partial charge in [-0.15, -0.1) is 0 Å². The summed E-state index contributed by atoms with van der Waals surface area (Å²) < 4.78 is 22.7. The maximum atomic E-state index is 11.8. The van der Waals surface area contributed by atoms with Crippen molar-refractivity contribution >= 4 is 27.5 Å². The summed E-state index contributed by atoms with van der Waals surface area (Å²) in [7, 11) is -3.01. The first-order valence-electron chi connectivity index (χ1n) is 7.11. The van der Waals surface area contributed by atoms with Crippen molar-refractivity contribution in [3.8, 4) is 0 Å². The second-order valence-corrected chi connectivity index (χ2v) is 8.44. The molecule has 122 valence electrons. The van der Waals surface area contributed by atoms with Gasteiger partial charge in [-0.2, -0.15) is 0 Å². The lowest BCUT2D eigenvalue weighted by molar-refractivity contribution is -0.119. The molecule has 1 aromatic rings. The Balaban J connectivity index is 1.87. The van der Waals surface area contributed by atoms with Gasteiger partial charge in [0.15, 0.2) is 15.0 Å². The summed E-state index contributed by atoms with van der Waals surface area (Å²) >= 11 is 1.14. The van der Waals surface area contributed by atoms with Gasteiger partial charge in [0.1, 0.15) is 0 Å². The van der Waals surface area contributed by atoms with E-state index in [1.54, 1.807) is 0 Å². The van der Waals surface area contributed by atoms with Crippen LogP contribution in [-0.4, -0.2) is 47.6 Å². The number of sulfone groups is 1. The minimum Gasteiger partial charge on any atom is -0.352 e.